The number of hydrogen-bond acceptors (Lipinski definition) is 5. The van der Waals surface area contributed by atoms with Crippen molar-refractivity contribution in [1.82, 2.24) is 5.32 Å². The fourth-order valence-electron chi connectivity index (χ4n) is 1.03. The molecule has 0 heterocycles. The van der Waals surface area contributed by atoms with Crippen molar-refractivity contribution in [3.8, 4) is 0 Å². The molecule has 17 heavy (non-hydrogen) atoms. The number of aliphatic carboxylic acids is 2. The lowest BCUT2D eigenvalue weighted by Crippen LogP contribution is -2.49. The molecule has 0 aliphatic heterocycles. The van der Waals surface area contributed by atoms with Crippen molar-refractivity contribution in [2.75, 3.05) is 0 Å². The number of carboxylic acids is 2. The molecule has 0 spiro atoms. The number of hydrogen-bond donors (Lipinski definition) is 4. The summed E-state index contributed by atoms with van der Waals surface area (Å²) in [4.78, 5) is 42.4. The lowest BCUT2D eigenvalue weighted by atomic mass is 10.1. The average molecular weight is 246 g/mol. The summed E-state index contributed by atoms with van der Waals surface area (Å²) in [6, 6.07) is -2.56. The van der Waals surface area contributed by atoms with Gasteiger partial charge in [-0.1, -0.05) is 0 Å². The second kappa shape index (κ2) is 7.34. The van der Waals surface area contributed by atoms with E-state index >= 15 is 0 Å². The minimum absolute atomic E-state index is 0.0747. The number of aldehydes is 1. The van der Waals surface area contributed by atoms with Gasteiger partial charge in [0.05, 0.1) is 12.5 Å². The van der Waals surface area contributed by atoms with Gasteiger partial charge in [-0.2, -0.15) is 0 Å². The number of carbonyl (C=O) groups excluding carboxylic acids is 2. The van der Waals surface area contributed by atoms with Crippen molar-refractivity contribution in [2.45, 2.75) is 31.3 Å². The molecule has 0 saturated carbocycles. The molecule has 1 unspecified atom stereocenters. The Balaban J connectivity index is 4.34. The van der Waals surface area contributed by atoms with Gasteiger partial charge in [0.1, 0.15) is 12.3 Å². The summed E-state index contributed by atoms with van der Waals surface area (Å²) < 4.78 is 0. The van der Waals surface area contributed by atoms with E-state index in [2.05, 4.69) is 0 Å². The summed E-state index contributed by atoms with van der Waals surface area (Å²) >= 11 is 0. The highest BCUT2D eigenvalue weighted by molar-refractivity contribution is 5.89. The van der Waals surface area contributed by atoms with E-state index in [0.717, 1.165) is 0 Å². The Hall–Kier alpha value is -1.96. The molecule has 8 heteroatoms. The SMILES string of the molecule is N[C@@H](CCC=O)C(=O)NC(CC(=O)O)C(=O)O. The van der Waals surface area contributed by atoms with Crippen LogP contribution in [0.3, 0.4) is 0 Å². The summed E-state index contributed by atoms with van der Waals surface area (Å²) in [5.41, 5.74) is 5.37. The molecule has 0 aliphatic carbocycles. The molecule has 8 nitrogen and oxygen atoms in total. The van der Waals surface area contributed by atoms with E-state index in [-0.39, 0.29) is 12.8 Å². The van der Waals surface area contributed by atoms with Crippen LogP contribution >= 0.6 is 0 Å². The van der Waals surface area contributed by atoms with E-state index in [9.17, 15) is 19.2 Å². The predicted molar refractivity (Wildman–Crippen MR) is 55.1 cm³/mol. The van der Waals surface area contributed by atoms with Crippen LogP contribution in [0.5, 0.6) is 0 Å². The first kappa shape index (κ1) is 15.0. The maximum atomic E-state index is 11.3. The number of carboxylic acid groups (broad SMARTS) is 2. The van der Waals surface area contributed by atoms with Gasteiger partial charge >= 0.3 is 11.9 Å². The second-order valence-electron chi connectivity index (χ2n) is 3.35. The van der Waals surface area contributed by atoms with E-state index in [4.69, 9.17) is 15.9 Å². The third-order valence-electron chi connectivity index (χ3n) is 1.93. The molecular formula is C9H14N2O6. The van der Waals surface area contributed by atoms with Crippen LogP contribution in [0.15, 0.2) is 0 Å². The summed E-state index contributed by atoms with van der Waals surface area (Å²) in [6.45, 7) is 0. The summed E-state index contributed by atoms with van der Waals surface area (Å²) in [6.07, 6.45) is 0.000536. The molecule has 0 fully saturated rings. The molecule has 0 bridgehead atoms. The van der Waals surface area contributed by atoms with Crippen LogP contribution in [-0.4, -0.2) is 46.4 Å². The highest BCUT2D eigenvalue weighted by Gasteiger charge is 2.25. The zero-order chi connectivity index (χ0) is 13.4. The van der Waals surface area contributed by atoms with Crippen molar-refractivity contribution in [3.63, 3.8) is 0 Å². The van der Waals surface area contributed by atoms with E-state index in [1.54, 1.807) is 0 Å². The predicted octanol–water partition coefficient (Wildman–Crippen LogP) is -1.66. The minimum atomic E-state index is -1.53. The minimum Gasteiger partial charge on any atom is -0.481 e. The molecule has 5 N–H and O–H groups in total. The van der Waals surface area contributed by atoms with Crippen LogP contribution < -0.4 is 11.1 Å². The lowest BCUT2D eigenvalue weighted by Gasteiger charge is -2.15. The standard InChI is InChI=1S/C9H14N2O6/c10-5(2-1-3-12)8(15)11-6(9(16)17)4-7(13)14/h3,5-6H,1-2,4,10H2,(H,11,15)(H,13,14)(H,16,17)/t5-,6?/m0/s1. The van der Waals surface area contributed by atoms with Gasteiger partial charge in [-0.25, -0.2) is 4.79 Å². The van der Waals surface area contributed by atoms with E-state index in [1.165, 1.54) is 0 Å². The Kier molecular flexibility index (Phi) is 6.49. The fourth-order valence-corrected chi connectivity index (χ4v) is 1.03. The number of amides is 1. The van der Waals surface area contributed by atoms with Gasteiger partial charge in [0.15, 0.2) is 0 Å². The van der Waals surface area contributed by atoms with Crippen LogP contribution in [-0.2, 0) is 19.2 Å². The highest BCUT2D eigenvalue weighted by atomic mass is 16.4. The molecule has 0 aromatic carbocycles. The van der Waals surface area contributed by atoms with Crippen LogP contribution in [0.4, 0.5) is 0 Å². The van der Waals surface area contributed by atoms with Crippen LogP contribution in [0, 0.1) is 0 Å². The summed E-state index contributed by atoms with van der Waals surface area (Å²) in [5.74, 6) is -3.59. The largest absolute Gasteiger partial charge is 0.481 e. The first-order valence-corrected chi connectivity index (χ1v) is 4.82. The second-order valence-corrected chi connectivity index (χ2v) is 3.35. The number of nitrogens with two attached hydrogens (primary N) is 1. The topological polar surface area (TPSA) is 147 Å². The summed E-state index contributed by atoms with van der Waals surface area (Å²) in [7, 11) is 0. The van der Waals surface area contributed by atoms with Gasteiger partial charge in [0, 0.05) is 6.42 Å². The maximum Gasteiger partial charge on any atom is 0.326 e. The van der Waals surface area contributed by atoms with Crippen molar-refractivity contribution in [3.05, 3.63) is 0 Å². The number of carbonyl (C=O) groups is 4. The number of nitrogens with one attached hydrogen (secondary N) is 1. The normalized spacial score (nSPS) is 13.5. The van der Waals surface area contributed by atoms with Crippen molar-refractivity contribution >= 4 is 24.1 Å². The Labute approximate surface area is 96.8 Å². The van der Waals surface area contributed by atoms with Crippen molar-refractivity contribution in [1.29, 1.82) is 0 Å². The van der Waals surface area contributed by atoms with Gasteiger partial charge in [0.25, 0.3) is 0 Å². The monoisotopic (exact) mass is 246 g/mol. The van der Waals surface area contributed by atoms with Crippen molar-refractivity contribution < 1.29 is 29.4 Å². The van der Waals surface area contributed by atoms with E-state index < -0.39 is 36.4 Å². The average Bonchev–Trinajstić information content (AvgIpc) is 2.23. The Morgan fingerprint density at radius 1 is 1.29 bits per heavy atom. The maximum absolute atomic E-state index is 11.3. The Morgan fingerprint density at radius 2 is 1.88 bits per heavy atom. The van der Waals surface area contributed by atoms with Gasteiger partial charge in [0.2, 0.25) is 5.91 Å². The number of rotatable bonds is 8. The van der Waals surface area contributed by atoms with Gasteiger partial charge in [-0.05, 0) is 6.42 Å². The van der Waals surface area contributed by atoms with Gasteiger partial charge in [-0.15, -0.1) is 0 Å². The van der Waals surface area contributed by atoms with Crippen LogP contribution in [0.25, 0.3) is 0 Å². The third-order valence-corrected chi connectivity index (χ3v) is 1.93. The van der Waals surface area contributed by atoms with Crippen molar-refractivity contribution in [2.24, 2.45) is 5.73 Å². The zero-order valence-corrected chi connectivity index (χ0v) is 8.96. The molecule has 0 aliphatic rings. The molecule has 0 aromatic rings. The Bertz CT molecular complexity index is 317. The van der Waals surface area contributed by atoms with Crippen LogP contribution in [0.1, 0.15) is 19.3 Å². The Morgan fingerprint density at radius 3 is 2.29 bits per heavy atom. The first-order valence-electron chi connectivity index (χ1n) is 4.82. The molecule has 2 atom stereocenters. The van der Waals surface area contributed by atoms with Gasteiger partial charge < -0.3 is 26.1 Å². The summed E-state index contributed by atoms with van der Waals surface area (Å²) in [5, 5.41) is 19.1. The molecule has 0 aromatic heterocycles. The quantitative estimate of drug-likeness (QED) is 0.374. The molecule has 96 valence electrons. The smallest absolute Gasteiger partial charge is 0.326 e. The lowest BCUT2D eigenvalue weighted by molar-refractivity contribution is -0.147. The third kappa shape index (κ3) is 6.25. The first-order chi connectivity index (χ1) is 7.88. The highest BCUT2D eigenvalue weighted by Crippen LogP contribution is 1.97. The van der Waals surface area contributed by atoms with Gasteiger partial charge in [-0.3, -0.25) is 9.59 Å². The van der Waals surface area contributed by atoms with Crippen LogP contribution in [0.2, 0.25) is 0 Å². The zero-order valence-electron chi connectivity index (χ0n) is 8.96. The molecule has 0 radical (unpaired) electrons. The van der Waals surface area contributed by atoms with E-state index in [0.29, 0.717) is 6.29 Å². The molecule has 0 rings (SSSR count). The fraction of sp³-hybridized carbons (Fsp3) is 0.556. The molecule has 0 saturated heterocycles. The molecular weight excluding hydrogens is 232 g/mol. The van der Waals surface area contributed by atoms with E-state index in [1.807, 2.05) is 5.32 Å². The molecule has 1 amide bonds.